The van der Waals surface area contributed by atoms with Gasteiger partial charge in [0.2, 0.25) is 5.91 Å². The lowest BCUT2D eigenvalue weighted by atomic mass is 10.1. The minimum atomic E-state index is -0.0135. The lowest BCUT2D eigenvalue weighted by Gasteiger charge is -2.20. The molecular weight excluding hydrogens is 218 g/mol. The molecule has 1 amide bonds. The van der Waals surface area contributed by atoms with Gasteiger partial charge in [-0.25, -0.2) is 0 Å². The van der Waals surface area contributed by atoms with Gasteiger partial charge in [-0.3, -0.25) is 4.79 Å². The van der Waals surface area contributed by atoms with Crippen molar-refractivity contribution in [2.45, 2.75) is 39.3 Å². The number of nitrogens with zero attached hydrogens (tertiary/aromatic N) is 2. The van der Waals surface area contributed by atoms with Crippen LogP contribution in [0.4, 0.5) is 0 Å². The minimum Gasteiger partial charge on any atom is -0.361 e. The highest BCUT2D eigenvalue weighted by molar-refractivity contribution is 5.81. The van der Waals surface area contributed by atoms with Gasteiger partial charge >= 0.3 is 0 Å². The molecule has 5 nitrogen and oxygen atoms in total. The first-order valence-corrected chi connectivity index (χ1v) is 5.99. The number of carbonyl (C=O) groups is 1. The summed E-state index contributed by atoms with van der Waals surface area (Å²) in [5.74, 6) is 0.948. The summed E-state index contributed by atoms with van der Waals surface area (Å²) in [6.07, 6.45) is 2.01. The predicted octanol–water partition coefficient (Wildman–Crippen LogP) is 1.00. The average molecular weight is 237 g/mol. The van der Waals surface area contributed by atoms with E-state index in [0.29, 0.717) is 6.54 Å². The van der Waals surface area contributed by atoms with E-state index >= 15 is 0 Å². The molecule has 0 spiro atoms. The Kier molecular flexibility index (Phi) is 3.47. The van der Waals surface area contributed by atoms with E-state index in [4.69, 9.17) is 4.52 Å². The van der Waals surface area contributed by atoms with Crippen molar-refractivity contribution in [2.75, 3.05) is 13.6 Å². The van der Waals surface area contributed by atoms with E-state index in [1.807, 2.05) is 20.9 Å². The molecule has 5 heteroatoms. The van der Waals surface area contributed by atoms with E-state index in [-0.39, 0.29) is 11.9 Å². The monoisotopic (exact) mass is 237 g/mol. The summed E-state index contributed by atoms with van der Waals surface area (Å²) < 4.78 is 5.10. The smallest absolute Gasteiger partial charge is 0.239 e. The van der Waals surface area contributed by atoms with E-state index in [2.05, 4.69) is 10.5 Å². The fourth-order valence-electron chi connectivity index (χ4n) is 2.20. The zero-order chi connectivity index (χ0) is 12.4. The van der Waals surface area contributed by atoms with Gasteiger partial charge in [0.25, 0.3) is 0 Å². The Morgan fingerprint density at radius 3 is 2.88 bits per heavy atom. The molecule has 0 unspecified atom stereocenters. The van der Waals surface area contributed by atoms with Gasteiger partial charge in [-0.2, -0.15) is 0 Å². The van der Waals surface area contributed by atoms with Gasteiger partial charge < -0.3 is 14.7 Å². The molecule has 0 aliphatic carbocycles. The number of aryl methyl sites for hydroxylation is 2. The van der Waals surface area contributed by atoms with Crippen LogP contribution in [-0.4, -0.2) is 35.6 Å². The SMILES string of the molecule is Cc1noc(C)c1CN(C)C(=O)[C@@H]1CCCN1. The summed E-state index contributed by atoms with van der Waals surface area (Å²) in [5.41, 5.74) is 1.88. The van der Waals surface area contributed by atoms with E-state index in [1.165, 1.54) is 0 Å². The highest BCUT2D eigenvalue weighted by atomic mass is 16.5. The Morgan fingerprint density at radius 2 is 2.35 bits per heavy atom. The second-order valence-corrected chi connectivity index (χ2v) is 4.65. The van der Waals surface area contributed by atoms with Crippen LogP contribution in [0.15, 0.2) is 4.52 Å². The standard InChI is InChI=1S/C12H19N3O2/c1-8-10(9(2)17-14-8)7-15(3)12(16)11-5-4-6-13-11/h11,13H,4-7H2,1-3H3/t11-/m0/s1. The summed E-state index contributed by atoms with van der Waals surface area (Å²) in [6.45, 7) is 5.28. The Hall–Kier alpha value is -1.36. The van der Waals surface area contributed by atoms with Crippen molar-refractivity contribution in [3.63, 3.8) is 0 Å². The van der Waals surface area contributed by atoms with E-state index < -0.39 is 0 Å². The third kappa shape index (κ3) is 2.49. The number of nitrogens with one attached hydrogen (secondary N) is 1. The summed E-state index contributed by atoms with van der Waals surface area (Å²) >= 11 is 0. The third-order valence-electron chi connectivity index (χ3n) is 3.31. The number of likely N-dealkylation sites (N-methyl/N-ethyl adjacent to an activating group) is 1. The molecule has 1 aliphatic heterocycles. The fourth-order valence-corrected chi connectivity index (χ4v) is 2.20. The number of hydrogen-bond acceptors (Lipinski definition) is 4. The highest BCUT2D eigenvalue weighted by Crippen LogP contribution is 2.16. The Bertz CT molecular complexity index is 388. The molecule has 1 aromatic heterocycles. The number of carbonyl (C=O) groups excluding carboxylic acids is 1. The van der Waals surface area contributed by atoms with Crippen molar-refractivity contribution < 1.29 is 9.32 Å². The van der Waals surface area contributed by atoms with Crippen molar-refractivity contribution in [1.29, 1.82) is 0 Å². The molecule has 0 saturated carbocycles. The zero-order valence-electron chi connectivity index (χ0n) is 10.6. The molecule has 1 N–H and O–H groups in total. The predicted molar refractivity (Wildman–Crippen MR) is 63.5 cm³/mol. The fraction of sp³-hybridized carbons (Fsp3) is 0.667. The molecule has 0 radical (unpaired) electrons. The molecule has 94 valence electrons. The molecule has 1 fully saturated rings. The topological polar surface area (TPSA) is 58.4 Å². The van der Waals surface area contributed by atoms with Crippen LogP contribution in [0, 0.1) is 13.8 Å². The van der Waals surface area contributed by atoms with Gasteiger partial charge in [0.05, 0.1) is 18.3 Å². The number of hydrogen-bond donors (Lipinski definition) is 1. The van der Waals surface area contributed by atoms with Crippen LogP contribution in [0.1, 0.15) is 29.9 Å². The van der Waals surface area contributed by atoms with E-state index in [1.54, 1.807) is 4.90 Å². The van der Waals surface area contributed by atoms with Crippen LogP contribution < -0.4 is 5.32 Å². The maximum Gasteiger partial charge on any atom is 0.239 e. The van der Waals surface area contributed by atoms with Crippen molar-refractivity contribution in [2.24, 2.45) is 0 Å². The van der Waals surface area contributed by atoms with Crippen molar-refractivity contribution in [3.8, 4) is 0 Å². The first-order chi connectivity index (χ1) is 8.09. The quantitative estimate of drug-likeness (QED) is 0.852. The molecule has 1 saturated heterocycles. The number of rotatable bonds is 3. The average Bonchev–Trinajstić information content (AvgIpc) is 2.93. The lowest BCUT2D eigenvalue weighted by molar-refractivity contribution is -0.132. The molecule has 1 atom stereocenters. The molecule has 1 aliphatic rings. The van der Waals surface area contributed by atoms with Crippen LogP contribution >= 0.6 is 0 Å². The summed E-state index contributed by atoms with van der Waals surface area (Å²) in [6, 6.07) is -0.0135. The first kappa shape index (κ1) is 12.1. The molecular formula is C12H19N3O2. The molecule has 2 rings (SSSR count). The maximum absolute atomic E-state index is 12.1. The summed E-state index contributed by atoms with van der Waals surface area (Å²) in [5, 5.41) is 7.11. The first-order valence-electron chi connectivity index (χ1n) is 5.99. The van der Waals surface area contributed by atoms with Crippen LogP contribution in [0.5, 0.6) is 0 Å². The molecule has 0 bridgehead atoms. The Morgan fingerprint density at radius 1 is 1.59 bits per heavy atom. The molecule has 0 aromatic carbocycles. The minimum absolute atomic E-state index is 0.0135. The number of aromatic nitrogens is 1. The zero-order valence-corrected chi connectivity index (χ0v) is 10.6. The van der Waals surface area contributed by atoms with Crippen molar-refractivity contribution >= 4 is 5.91 Å². The van der Waals surface area contributed by atoms with Crippen LogP contribution in [0.25, 0.3) is 0 Å². The highest BCUT2D eigenvalue weighted by Gasteiger charge is 2.25. The summed E-state index contributed by atoms with van der Waals surface area (Å²) in [7, 11) is 1.83. The lowest BCUT2D eigenvalue weighted by Crippen LogP contribution is -2.41. The van der Waals surface area contributed by atoms with Gasteiger partial charge in [0.1, 0.15) is 5.76 Å². The molecule has 2 heterocycles. The second kappa shape index (κ2) is 4.87. The van der Waals surface area contributed by atoms with Gasteiger partial charge in [-0.05, 0) is 33.2 Å². The third-order valence-corrected chi connectivity index (χ3v) is 3.31. The van der Waals surface area contributed by atoms with Crippen LogP contribution in [0.3, 0.4) is 0 Å². The van der Waals surface area contributed by atoms with Gasteiger partial charge in [-0.15, -0.1) is 0 Å². The Balaban J connectivity index is 2.01. The second-order valence-electron chi connectivity index (χ2n) is 4.65. The van der Waals surface area contributed by atoms with Crippen molar-refractivity contribution in [1.82, 2.24) is 15.4 Å². The van der Waals surface area contributed by atoms with Gasteiger partial charge in [0.15, 0.2) is 0 Å². The van der Waals surface area contributed by atoms with Gasteiger partial charge in [-0.1, -0.05) is 5.16 Å². The van der Waals surface area contributed by atoms with E-state index in [9.17, 15) is 4.79 Å². The van der Waals surface area contributed by atoms with Crippen LogP contribution in [-0.2, 0) is 11.3 Å². The van der Waals surface area contributed by atoms with Crippen molar-refractivity contribution in [3.05, 3.63) is 17.0 Å². The maximum atomic E-state index is 12.1. The van der Waals surface area contributed by atoms with Crippen LogP contribution in [0.2, 0.25) is 0 Å². The van der Waals surface area contributed by atoms with Gasteiger partial charge in [0, 0.05) is 12.6 Å². The summed E-state index contributed by atoms with van der Waals surface area (Å²) in [4.78, 5) is 13.9. The normalized spacial score (nSPS) is 19.6. The molecule has 17 heavy (non-hydrogen) atoms. The Labute approximate surface area is 101 Å². The van der Waals surface area contributed by atoms with E-state index in [0.717, 1.165) is 36.4 Å². The largest absolute Gasteiger partial charge is 0.361 e. The number of amides is 1. The molecule has 1 aromatic rings.